The lowest BCUT2D eigenvalue weighted by Gasteiger charge is -2.54. The van der Waals surface area contributed by atoms with Gasteiger partial charge in [0.2, 0.25) is 0 Å². The molecule has 3 aliphatic rings. The minimum atomic E-state index is -1.24. The third kappa shape index (κ3) is 1.22. The van der Waals surface area contributed by atoms with Gasteiger partial charge in [0.15, 0.2) is 5.78 Å². The standard InChI is InChI=1S/C17H22O4/c1-5-6-17-12(19)10-16(13(20)21-4,15(17)7-8-15)11(18)9-14(17,2)3/h5H,1,6-10H2,2-4H3/t16-,17+/m0/s1. The number of esters is 1. The maximum Gasteiger partial charge on any atom is 0.320 e. The number of rotatable bonds is 3. The van der Waals surface area contributed by atoms with Gasteiger partial charge in [0.05, 0.1) is 7.11 Å². The van der Waals surface area contributed by atoms with Crippen LogP contribution < -0.4 is 0 Å². The highest BCUT2D eigenvalue weighted by atomic mass is 16.5. The molecule has 1 spiro atoms. The van der Waals surface area contributed by atoms with Gasteiger partial charge in [-0.1, -0.05) is 19.9 Å². The van der Waals surface area contributed by atoms with Crippen LogP contribution in [0.2, 0.25) is 0 Å². The van der Waals surface area contributed by atoms with Gasteiger partial charge in [-0.2, -0.15) is 0 Å². The van der Waals surface area contributed by atoms with Crippen LogP contribution in [0.3, 0.4) is 0 Å². The number of hydrogen-bond acceptors (Lipinski definition) is 4. The summed E-state index contributed by atoms with van der Waals surface area (Å²) in [5.74, 6) is -0.580. The van der Waals surface area contributed by atoms with E-state index in [-0.39, 0.29) is 24.4 Å². The normalized spacial score (nSPS) is 38.4. The first-order valence-corrected chi connectivity index (χ1v) is 7.52. The van der Waals surface area contributed by atoms with Crippen LogP contribution in [-0.2, 0) is 19.1 Å². The molecule has 0 radical (unpaired) electrons. The van der Waals surface area contributed by atoms with Crippen LogP contribution in [-0.4, -0.2) is 24.6 Å². The van der Waals surface area contributed by atoms with Crippen molar-refractivity contribution in [1.82, 2.24) is 0 Å². The van der Waals surface area contributed by atoms with Crippen LogP contribution in [0.1, 0.15) is 46.0 Å². The molecule has 0 heterocycles. The summed E-state index contributed by atoms with van der Waals surface area (Å²) in [5, 5.41) is 0. The van der Waals surface area contributed by atoms with Gasteiger partial charge in [-0.05, 0) is 24.7 Å². The number of allylic oxidation sites excluding steroid dienone is 1. The van der Waals surface area contributed by atoms with Crippen LogP contribution in [0, 0.1) is 21.7 Å². The molecule has 2 bridgehead atoms. The van der Waals surface area contributed by atoms with E-state index in [9.17, 15) is 14.4 Å². The predicted molar refractivity (Wildman–Crippen MR) is 76.4 cm³/mol. The van der Waals surface area contributed by atoms with Crippen molar-refractivity contribution in [3.63, 3.8) is 0 Å². The maximum absolute atomic E-state index is 13.0. The Bertz CT molecular complexity index is 569. The van der Waals surface area contributed by atoms with Crippen molar-refractivity contribution in [3.05, 3.63) is 12.7 Å². The molecule has 0 aromatic heterocycles. The Balaban J connectivity index is 2.30. The lowest BCUT2D eigenvalue weighted by atomic mass is 9.46. The van der Waals surface area contributed by atoms with Crippen LogP contribution in [0.4, 0.5) is 0 Å². The topological polar surface area (TPSA) is 60.4 Å². The van der Waals surface area contributed by atoms with Gasteiger partial charge in [0.1, 0.15) is 11.2 Å². The second-order valence-corrected chi connectivity index (χ2v) is 7.46. The Kier molecular flexibility index (Phi) is 2.65. The molecule has 3 rings (SSSR count). The zero-order chi connectivity index (χ0) is 15.7. The highest BCUT2D eigenvalue weighted by Crippen LogP contribution is 2.83. The average Bonchev–Trinajstić information content (AvgIpc) is 3.16. The quantitative estimate of drug-likeness (QED) is 0.455. The first-order chi connectivity index (χ1) is 9.75. The molecule has 0 N–H and O–H groups in total. The maximum atomic E-state index is 13.0. The first kappa shape index (κ1) is 14.5. The molecule has 0 aliphatic heterocycles. The molecule has 114 valence electrons. The largest absolute Gasteiger partial charge is 0.468 e. The Labute approximate surface area is 124 Å². The highest BCUT2D eigenvalue weighted by Gasteiger charge is 2.86. The molecule has 0 unspecified atom stereocenters. The Morgan fingerprint density at radius 2 is 1.86 bits per heavy atom. The smallest absolute Gasteiger partial charge is 0.320 e. The Morgan fingerprint density at radius 3 is 2.33 bits per heavy atom. The number of Topliss-reactive ketones (excluding diaryl/α,β-unsaturated/α-hetero) is 2. The molecular weight excluding hydrogens is 268 g/mol. The average molecular weight is 290 g/mol. The lowest BCUT2D eigenvalue weighted by Crippen LogP contribution is -2.59. The van der Waals surface area contributed by atoms with E-state index in [0.717, 1.165) is 12.8 Å². The molecule has 21 heavy (non-hydrogen) atoms. The van der Waals surface area contributed by atoms with Crippen molar-refractivity contribution in [2.24, 2.45) is 21.7 Å². The summed E-state index contributed by atoms with van der Waals surface area (Å²) in [5.41, 5.74) is -2.88. The van der Waals surface area contributed by atoms with E-state index in [1.54, 1.807) is 6.08 Å². The summed E-state index contributed by atoms with van der Waals surface area (Å²) < 4.78 is 4.96. The van der Waals surface area contributed by atoms with Crippen molar-refractivity contribution >= 4 is 17.5 Å². The van der Waals surface area contributed by atoms with E-state index >= 15 is 0 Å². The van der Waals surface area contributed by atoms with E-state index in [0.29, 0.717) is 6.42 Å². The summed E-state index contributed by atoms with van der Waals surface area (Å²) in [7, 11) is 1.30. The molecule has 0 saturated heterocycles. The Morgan fingerprint density at radius 1 is 1.24 bits per heavy atom. The zero-order valence-electron chi connectivity index (χ0n) is 13.0. The highest BCUT2D eigenvalue weighted by molar-refractivity contribution is 6.15. The third-order valence-corrected chi connectivity index (χ3v) is 6.50. The van der Waals surface area contributed by atoms with Gasteiger partial charge < -0.3 is 4.74 Å². The molecular formula is C17H22O4. The van der Waals surface area contributed by atoms with Crippen LogP contribution >= 0.6 is 0 Å². The van der Waals surface area contributed by atoms with Crippen molar-refractivity contribution < 1.29 is 19.1 Å². The van der Waals surface area contributed by atoms with E-state index in [1.807, 2.05) is 13.8 Å². The van der Waals surface area contributed by atoms with Crippen molar-refractivity contribution in [2.45, 2.75) is 46.0 Å². The van der Waals surface area contributed by atoms with Gasteiger partial charge in [0.25, 0.3) is 0 Å². The summed E-state index contributed by atoms with van der Waals surface area (Å²) in [6.07, 6.45) is 4.06. The van der Waals surface area contributed by atoms with Crippen molar-refractivity contribution in [3.8, 4) is 0 Å². The second-order valence-electron chi connectivity index (χ2n) is 7.46. The minimum Gasteiger partial charge on any atom is -0.468 e. The molecule has 3 saturated carbocycles. The summed E-state index contributed by atoms with van der Waals surface area (Å²) >= 11 is 0. The molecule has 4 heteroatoms. The molecule has 4 nitrogen and oxygen atoms in total. The number of carbonyl (C=O) groups excluding carboxylic acids is 3. The SMILES string of the molecule is C=CC[C@@]12C(=O)C[C@@](C(=O)OC)(C(=O)CC1(C)C)C21CC1. The van der Waals surface area contributed by atoms with E-state index in [1.165, 1.54) is 7.11 Å². The van der Waals surface area contributed by atoms with E-state index in [4.69, 9.17) is 4.74 Å². The van der Waals surface area contributed by atoms with Crippen LogP contribution in [0.25, 0.3) is 0 Å². The predicted octanol–water partition coefficient (Wildman–Crippen LogP) is 2.46. The lowest BCUT2D eigenvalue weighted by molar-refractivity contribution is -0.175. The first-order valence-electron chi connectivity index (χ1n) is 7.52. The molecule has 0 aromatic carbocycles. The van der Waals surface area contributed by atoms with Crippen molar-refractivity contribution in [2.75, 3.05) is 7.11 Å². The van der Waals surface area contributed by atoms with Gasteiger partial charge in [0, 0.05) is 23.7 Å². The summed E-state index contributed by atoms with van der Waals surface area (Å²) in [4.78, 5) is 38.4. The minimum absolute atomic E-state index is 0.00970. The van der Waals surface area contributed by atoms with Gasteiger partial charge >= 0.3 is 5.97 Å². The van der Waals surface area contributed by atoms with Crippen LogP contribution in [0.15, 0.2) is 12.7 Å². The number of methoxy groups -OCH3 is 1. The summed E-state index contributed by atoms with van der Waals surface area (Å²) in [6, 6.07) is 0. The molecule has 3 fully saturated rings. The number of ketones is 2. The zero-order valence-corrected chi connectivity index (χ0v) is 13.0. The Hall–Kier alpha value is -1.45. The fraction of sp³-hybridized carbons (Fsp3) is 0.706. The van der Waals surface area contributed by atoms with Crippen LogP contribution in [0.5, 0.6) is 0 Å². The second kappa shape index (κ2) is 3.84. The third-order valence-electron chi connectivity index (χ3n) is 6.50. The fourth-order valence-electron chi connectivity index (χ4n) is 5.62. The monoisotopic (exact) mass is 290 g/mol. The molecule has 2 atom stereocenters. The van der Waals surface area contributed by atoms with Crippen molar-refractivity contribution in [1.29, 1.82) is 0 Å². The van der Waals surface area contributed by atoms with Gasteiger partial charge in [-0.3, -0.25) is 14.4 Å². The van der Waals surface area contributed by atoms with Gasteiger partial charge in [-0.15, -0.1) is 6.58 Å². The van der Waals surface area contributed by atoms with Gasteiger partial charge in [-0.25, -0.2) is 0 Å². The number of hydrogen-bond donors (Lipinski definition) is 0. The summed E-state index contributed by atoms with van der Waals surface area (Å²) in [6.45, 7) is 7.78. The fourth-order valence-corrected chi connectivity index (χ4v) is 5.62. The molecule has 0 amide bonds. The van der Waals surface area contributed by atoms with E-state index in [2.05, 4.69) is 6.58 Å². The number of ether oxygens (including phenoxy) is 1. The number of carbonyl (C=O) groups is 3. The molecule has 3 aliphatic carbocycles. The molecule has 0 aromatic rings. The van der Waals surface area contributed by atoms with E-state index < -0.39 is 27.6 Å².